The molecule has 0 aliphatic heterocycles. The number of rotatable bonds is 6. The quantitative estimate of drug-likeness (QED) is 0.370. The van der Waals surface area contributed by atoms with Crippen LogP contribution in [-0.2, 0) is 5.54 Å². The zero-order chi connectivity index (χ0) is 19.4. The molecule has 0 bridgehead atoms. The van der Waals surface area contributed by atoms with Crippen LogP contribution in [0.4, 0.5) is 0 Å². The molecule has 0 saturated heterocycles. The second-order valence-electron chi connectivity index (χ2n) is 6.91. The van der Waals surface area contributed by atoms with Crippen molar-refractivity contribution >= 4 is 0 Å². The second-order valence-corrected chi connectivity index (χ2v) is 6.91. The van der Waals surface area contributed by atoms with Gasteiger partial charge in [-0.15, -0.1) is 0 Å². The van der Waals surface area contributed by atoms with E-state index in [0.717, 1.165) is 16.7 Å². The first kappa shape index (κ1) is 21.5. The van der Waals surface area contributed by atoms with Crippen molar-refractivity contribution in [1.82, 2.24) is 9.55 Å². The Morgan fingerprint density at radius 1 is 0.793 bits per heavy atom. The maximum absolute atomic E-state index is 12.4. The topological polar surface area (TPSA) is 40.9 Å². The zero-order valence-corrected chi connectivity index (χ0v) is 18.9. The fourth-order valence-electron chi connectivity index (χ4n) is 3.88. The van der Waals surface area contributed by atoms with E-state index in [2.05, 4.69) is 82.3 Å². The van der Waals surface area contributed by atoms with Gasteiger partial charge in [0.15, 0.2) is 0 Å². The van der Waals surface area contributed by atoms with Crippen molar-refractivity contribution in [2.75, 3.05) is 0 Å². The average molecular weight is 390 g/mol. The Morgan fingerprint density at radius 3 is 1.59 bits per heavy atom. The van der Waals surface area contributed by atoms with Gasteiger partial charge in [-0.3, -0.25) is 0 Å². The van der Waals surface area contributed by atoms with Crippen LogP contribution in [0.1, 0.15) is 41.8 Å². The van der Waals surface area contributed by atoms with Gasteiger partial charge in [-0.2, -0.15) is 0 Å². The molecule has 3 nitrogen and oxygen atoms in total. The number of aromatic nitrogens is 2. The number of nitrogens with zero attached hydrogens (tertiary/aromatic N) is 2. The van der Waals surface area contributed by atoms with E-state index in [1.54, 1.807) is 6.33 Å². The SMILES string of the molecule is CCC([O-])c1cn(C(c2ccccc2)(c2ccccc2)c2ccccc2)cn1.[Na+]. The maximum atomic E-state index is 12.4. The van der Waals surface area contributed by atoms with Crippen molar-refractivity contribution in [3.63, 3.8) is 0 Å². The summed E-state index contributed by atoms with van der Waals surface area (Å²) < 4.78 is 2.09. The van der Waals surface area contributed by atoms with E-state index in [-0.39, 0.29) is 29.6 Å². The van der Waals surface area contributed by atoms with Gasteiger partial charge in [-0.05, 0) is 16.7 Å². The molecule has 29 heavy (non-hydrogen) atoms. The second kappa shape index (κ2) is 9.55. The van der Waals surface area contributed by atoms with Crippen molar-refractivity contribution in [1.29, 1.82) is 0 Å². The fraction of sp³-hybridized carbons (Fsp3) is 0.160. The van der Waals surface area contributed by atoms with E-state index >= 15 is 0 Å². The van der Waals surface area contributed by atoms with E-state index < -0.39 is 11.6 Å². The number of hydrogen-bond donors (Lipinski definition) is 0. The van der Waals surface area contributed by atoms with Gasteiger partial charge in [0.2, 0.25) is 0 Å². The van der Waals surface area contributed by atoms with Gasteiger partial charge in [-0.25, -0.2) is 4.98 Å². The summed E-state index contributed by atoms with van der Waals surface area (Å²) in [5.41, 5.74) is 3.33. The largest absolute Gasteiger partial charge is 1.00 e. The molecule has 4 heteroatoms. The summed E-state index contributed by atoms with van der Waals surface area (Å²) in [5.74, 6) is 0. The van der Waals surface area contributed by atoms with Gasteiger partial charge in [0, 0.05) is 11.9 Å². The number of benzene rings is 3. The van der Waals surface area contributed by atoms with E-state index in [0.29, 0.717) is 12.1 Å². The third kappa shape index (κ3) is 3.96. The summed E-state index contributed by atoms with van der Waals surface area (Å²) in [5, 5.41) is 12.4. The Bertz CT molecular complexity index is 920. The molecule has 1 atom stereocenters. The smallest absolute Gasteiger partial charge is 0.847 e. The predicted molar refractivity (Wildman–Crippen MR) is 110 cm³/mol. The Morgan fingerprint density at radius 2 is 1.21 bits per heavy atom. The molecule has 1 aromatic heterocycles. The van der Waals surface area contributed by atoms with Crippen LogP contribution in [0.2, 0.25) is 0 Å². The number of hydrogen-bond acceptors (Lipinski definition) is 2. The molecule has 0 radical (unpaired) electrons. The standard InChI is InChI=1S/C25H23N2O.Na/c1-2-24(28)23-18-27(19-26-23)25(20-12-6-3-7-13-20,21-14-8-4-9-15-21)22-16-10-5-11-17-22;/h3-19,24H,2H2,1H3;/q-1;+1. The molecule has 140 valence electrons. The molecular formula is C25H23N2NaO. The van der Waals surface area contributed by atoms with Crippen LogP contribution in [0.15, 0.2) is 104 Å². The summed E-state index contributed by atoms with van der Waals surface area (Å²) in [6, 6.07) is 31.2. The summed E-state index contributed by atoms with van der Waals surface area (Å²) >= 11 is 0. The number of imidazole rings is 1. The fourth-order valence-corrected chi connectivity index (χ4v) is 3.88. The van der Waals surface area contributed by atoms with Crippen molar-refractivity contribution in [2.45, 2.75) is 25.0 Å². The van der Waals surface area contributed by atoms with E-state index in [1.165, 1.54) is 0 Å². The average Bonchev–Trinajstić information content (AvgIpc) is 3.26. The van der Waals surface area contributed by atoms with Gasteiger partial charge in [0.05, 0.1) is 6.33 Å². The molecule has 1 heterocycles. The molecule has 4 aromatic rings. The monoisotopic (exact) mass is 390 g/mol. The van der Waals surface area contributed by atoms with E-state index in [4.69, 9.17) is 0 Å². The molecule has 1 unspecified atom stereocenters. The Labute approximate surface area is 194 Å². The van der Waals surface area contributed by atoms with Gasteiger partial charge < -0.3 is 9.67 Å². The Hall–Kier alpha value is -2.17. The minimum absolute atomic E-state index is 0. The van der Waals surface area contributed by atoms with Gasteiger partial charge in [0.1, 0.15) is 5.54 Å². The Balaban J connectivity index is 0.00000240. The van der Waals surface area contributed by atoms with Gasteiger partial charge >= 0.3 is 29.6 Å². The molecule has 4 rings (SSSR count). The summed E-state index contributed by atoms with van der Waals surface area (Å²) in [6.07, 6.45) is 3.41. The van der Waals surface area contributed by atoms with Crippen LogP contribution < -0.4 is 34.7 Å². The van der Waals surface area contributed by atoms with Gasteiger partial charge in [0.25, 0.3) is 0 Å². The van der Waals surface area contributed by atoms with E-state index in [1.807, 2.05) is 31.3 Å². The zero-order valence-electron chi connectivity index (χ0n) is 16.9. The van der Waals surface area contributed by atoms with Crippen molar-refractivity contribution in [2.24, 2.45) is 0 Å². The van der Waals surface area contributed by atoms with E-state index in [9.17, 15) is 5.11 Å². The van der Waals surface area contributed by atoms with Crippen LogP contribution in [0.5, 0.6) is 0 Å². The Kier molecular flexibility index (Phi) is 7.09. The van der Waals surface area contributed by atoms with Gasteiger partial charge in [-0.1, -0.05) is 110 Å². The molecule has 0 saturated carbocycles. The van der Waals surface area contributed by atoms with Crippen molar-refractivity contribution < 1.29 is 34.7 Å². The first-order valence-corrected chi connectivity index (χ1v) is 9.63. The predicted octanol–water partition coefficient (Wildman–Crippen LogP) is 1.54. The van der Waals surface area contributed by atoms with Crippen LogP contribution in [0, 0.1) is 0 Å². The summed E-state index contributed by atoms with van der Waals surface area (Å²) in [6.45, 7) is 1.90. The third-order valence-corrected chi connectivity index (χ3v) is 5.27. The van der Waals surface area contributed by atoms with Crippen LogP contribution in [0.3, 0.4) is 0 Å². The molecule has 0 amide bonds. The van der Waals surface area contributed by atoms with Crippen LogP contribution in [0.25, 0.3) is 0 Å². The van der Waals surface area contributed by atoms with Crippen molar-refractivity contribution in [3.05, 3.63) is 126 Å². The summed E-state index contributed by atoms with van der Waals surface area (Å²) in [7, 11) is 0. The third-order valence-electron chi connectivity index (χ3n) is 5.27. The maximum Gasteiger partial charge on any atom is 1.00 e. The minimum Gasteiger partial charge on any atom is -0.847 e. The summed E-state index contributed by atoms with van der Waals surface area (Å²) in [4.78, 5) is 4.48. The first-order valence-electron chi connectivity index (χ1n) is 9.63. The molecule has 0 N–H and O–H groups in total. The molecule has 0 spiro atoms. The minimum atomic E-state index is -0.818. The molecule has 0 aliphatic carbocycles. The normalized spacial score (nSPS) is 12.2. The molecule has 0 fully saturated rings. The van der Waals surface area contributed by atoms with Crippen LogP contribution in [-0.4, -0.2) is 9.55 Å². The van der Waals surface area contributed by atoms with Crippen LogP contribution >= 0.6 is 0 Å². The molecule has 3 aromatic carbocycles. The van der Waals surface area contributed by atoms with Crippen molar-refractivity contribution in [3.8, 4) is 0 Å². The first-order chi connectivity index (χ1) is 13.8. The molecule has 0 aliphatic rings. The molecular weight excluding hydrogens is 367 g/mol.